The van der Waals surface area contributed by atoms with Crippen LogP contribution in [0, 0.1) is 0 Å². The summed E-state index contributed by atoms with van der Waals surface area (Å²) in [5, 5.41) is 0. The van der Waals surface area contributed by atoms with E-state index in [1.807, 2.05) is 42.2 Å². The molecular weight excluding hydrogens is 326 g/mol. The quantitative estimate of drug-likeness (QED) is 0.761. The topological polar surface area (TPSA) is 46.6 Å². The van der Waals surface area contributed by atoms with Crippen molar-refractivity contribution in [2.75, 3.05) is 6.61 Å². The summed E-state index contributed by atoms with van der Waals surface area (Å²) in [6, 6.07) is 14.1. The minimum absolute atomic E-state index is 0.0284. The molecule has 4 heteroatoms. The van der Waals surface area contributed by atoms with Crippen molar-refractivity contribution in [3.63, 3.8) is 0 Å². The van der Waals surface area contributed by atoms with E-state index in [0.29, 0.717) is 12.2 Å². The van der Waals surface area contributed by atoms with Crippen LogP contribution in [0.3, 0.4) is 0 Å². The maximum Gasteiger partial charge on any atom is 0.411 e. The molecule has 0 radical (unpaired) electrons. The molecule has 2 unspecified atom stereocenters. The van der Waals surface area contributed by atoms with Gasteiger partial charge in [-0.3, -0.25) is 9.69 Å². The molecule has 0 aliphatic carbocycles. The van der Waals surface area contributed by atoms with Crippen molar-refractivity contribution < 1.29 is 14.3 Å². The number of rotatable bonds is 3. The van der Waals surface area contributed by atoms with Crippen molar-refractivity contribution in [2.24, 2.45) is 0 Å². The number of carbonyl (C=O) groups excluding carboxylic acids is 2. The fourth-order valence-corrected chi connectivity index (χ4v) is 5.01. The molecule has 2 bridgehead atoms. The van der Waals surface area contributed by atoms with Crippen LogP contribution >= 0.6 is 0 Å². The number of nitrogens with zero attached hydrogens (tertiary/aromatic N) is 1. The normalized spacial score (nSPS) is 25.0. The minimum Gasteiger partial charge on any atom is -0.450 e. The third-order valence-electron chi connectivity index (χ3n) is 6.08. The molecule has 2 heterocycles. The summed E-state index contributed by atoms with van der Waals surface area (Å²) >= 11 is 0. The molecule has 0 saturated heterocycles. The highest BCUT2D eigenvalue weighted by Gasteiger charge is 2.66. The van der Waals surface area contributed by atoms with Crippen LogP contribution in [-0.4, -0.2) is 23.4 Å². The Morgan fingerprint density at radius 1 is 1.00 bits per heavy atom. The van der Waals surface area contributed by atoms with Crippen molar-refractivity contribution in [2.45, 2.75) is 45.2 Å². The zero-order valence-corrected chi connectivity index (χ0v) is 15.6. The number of fused-ring (bicyclic) bond motifs is 8. The first-order valence-corrected chi connectivity index (χ1v) is 9.16. The second-order valence-electron chi connectivity index (χ2n) is 7.18. The predicted molar refractivity (Wildman–Crippen MR) is 99.3 cm³/mol. The molecule has 4 rings (SSSR count). The van der Waals surface area contributed by atoms with Gasteiger partial charge < -0.3 is 4.74 Å². The van der Waals surface area contributed by atoms with Gasteiger partial charge in [0.2, 0.25) is 0 Å². The third-order valence-corrected chi connectivity index (χ3v) is 6.08. The first-order valence-electron chi connectivity index (χ1n) is 9.16. The third kappa shape index (κ3) is 1.74. The second-order valence-corrected chi connectivity index (χ2v) is 7.18. The predicted octanol–water partition coefficient (Wildman–Crippen LogP) is 4.59. The van der Waals surface area contributed by atoms with E-state index in [1.165, 1.54) is 0 Å². The van der Waals surface area contributed by atoms with Crippen LogP contribution in [0.4, 0.5) is 4.79 Å². The fraction of sp³-hybridized carbons (Fsp3) is 0.364. The van der Waals surface area contributed by atoms with E-state index in [0.717, 1.165) is 28.7 Å². The summed E-state index contributed by atoms with van der Waals surface area (Å²) in [4.78, 5) is 26.9. The molecule has 26 heavy (non-hydrogen) atoms. The molecule has 2 aliphatic heterocycles. The summed E-state index contributed by atoms with van der Waals surface area (Å²) in [7, 11) is 0. The summed E-state index contributed by atoms with van der Waals surface area (Å²) < 4.78 is 5.46. The standard InChI is InChI=1S/C22H23NO3/c1-5-22-17-10-8-7-9-16(17)21(4,23(22)20(25)26-6-2)19-13-15(14(3)24)11-12-18(19)22/h7-13H,5-6H2,1-4H3. The smallest absolute Gasteiger partial charge is 0.411 e. The van der Waals surface area contributed by atoms with Crippen molar-refractivity contribution in [1.29, 1.82) is 0 Å². The number of benzene rings is 2. The van der Waals surface area contributed by atoms with Gasteiger partial charge in [0.05, 0.1) is 17.7 Å². The van der Waals surface area contributed by atoms with Gasteiger partial charge in [0.25, 0.3) is 0 Å². The van der Waals surface area contributed by atoms with Gasteiger partial charge in [-0.15, -0.1) is 0 Å². The van der Waals surface area contributed by atoms with Crippen molar-refractivity contribution in [3.05, 3.63) is 70.3 Å². The van der Waals surface area contributed by atoms with Gasteiger partial charge in [0, 0.05) is 5.56 Å². The van der Waals surface area contributed by atoms with E-state index in [9.17, 15) is 9.59 Å². The van der Waals surface area contributed by atoms with Crippen LogP contribution < -0.4 is 0 Å². The van der Waals surface area contributed by atoms with Crippen molar-refractivity contribution in [3.8, 4) is 0 Å². The summed E-state index contributed by atoms with van der Waals surface area (Å²) in [5.74, 6) is 0.0284. The highest BCUT2D eigenvalue weighted by atomic mass is 16.6. The molecular formula is C22H23NO3. The van der Waals surface area contributed by atoms with Gasteiger partial charge >= 0.3 is 6.09 Å². The fourth-order valence-electron chi connectivity index (χ4n) is 5.01. The Hall–Kier alpha value is -2.62. The van der Waals surface area contributed by atoms with E-state index in [-0.39, 0.29) is 11.9 Å². The molecule has 0 spiro atoms. The van der Waals surface area contributed by atoms with E-state index >= 15 is 0 Å². The van der Waals surface area contributed by atoms with Gasteiger partial charge in [-0.1, -0.05) is 43.3 Å². The van der Waals surface area contributed by atoms with Crippen LogP contribution in [0.1, 0.15) is 66.7 Å². The molecule has 1 amide bonds. The van der Waals surface area contributed by atoms with Crippen LogP contribution in [0.2, 0.25) is 0 Å². The summed E-state index contributed by atoms with van der Waals surface area (Å²) in [5.41, 5.74) is 3.87. The first kappa shape index (κ1) is 16.8. The Labute approximate surface area is 153 Å². The Morgan fingerprint density at radius 2 is 1.65 bits per heavy atom. The monoisotopic (exact) mass is 349 g/mol. The van der Waals surface area contributed by atoms with Gasteiger partial charge in [0.1, 0.15) is 0 Å². The molecule has 134 valence electrons. The Kier molecular flexibility index (Phi) is 3.52. The largest absolute Gasteiger partial charge is 0.450 e. The van der Waals surface area contributed by atoms with E-state index < -0.39 is 11.1 Å². The molecule has 0 aromatic heterocycles. The summed E-state index contributed by atoms with van der Waals surface area (Å²) in [6.07, 6.45) is 0.429. The lowest BCUT2D eigenvalue weighted by Gasteiger charge is -2.37. The maximum atomic E-state index is 13.1. The van der Waals surface area contributed by atoms with E-state index in [2.05, 4.69) is 26.0 Å². The minimum atomic E-state index is -0.639. The van der Waals surface area contributed by atoms with Gasteiger partial charge in [-0.25, -0.2) is 4.79 Å². The lowest BCUT2D eigenvalue weighted by atomic mass is 9.72. The van der Waals surface area contributed by atoms with Crippen LogP contribution in [-0.2, 0) is 15.8 Å². The number of ether oxygens (including phenoxy) is 1. The van der Waals surface area contributed by atoms with Crippen LogP contribution in [0.5, 0.6) is 0 Å². The van der Waals surface area contributed by atoms with Crippen molar-refractivity contribution >= 4 is 11.9 Å². The Balaban J connectivity index is 2.07. The number of Topliss-reactive ketones (excluding diaryl/α,β-unsaturated/α-hetero) is 1. The van der Waals surface area contributed by atoms with Crippen LogP contribution in [0.25, 0.3) is 0 Å². The molecule has 2 aromatic carbocycles. The highest BCUT2D eigenvalue weighted by Crippen LogP contribution is 2.64. The SMILES string of the molecule is CCOC(=O)N1C2(C)c3ccccc3C1(CC)c1ccc(C(C)=O)cc12. The number of hydrogen-bond donors (Lipinski definition) is 0. The molecule has 2 aliphatic rings. The molecule has 4 nitrogen and oxygen atoms in total. The zero-order chi connectivity index (χ0) is 18.7. The lowest BCUT2D eigenvalue weighted by molar-refractivity contribution is 0.0462. The molecule has 2 aromatic rings. The summed E-state index contributed by atoms with van der Waals surface area (Å²) in [6.45, 7) is 7.89. The van der Waals surface area contributed by atoms with Crippen LogP contribution in [0.15, 0.2) is 42.5 Å². The van der Waals surface area contributed by atoms with Gasteiger partial charge in [-0.05, 0) is 55.5 Å². The second kappa shape index (κ2) is 5.44. The molecule has 2 atom stereocenters. The number of carbonyl (C=O) groups is 2. The Morgan fingerprint density at radius 3 is 2.27 bits per heavy atom. The highest BCUT2D eigenvalue weighted by molar-refractivity contribution is 5.95. The first-order chi connectivity index (χ1) is 12.4. The molecule has 0 saturated carbocycles. The molecule has 0 N–H and O–H groups in total. The zero-order valence-electron chi connectivity index (χ0n) is 15.6. The number of hydrogen-bond acceptors (Lipinski definition) is 3. The van der Waals surface area contributed by atoms with Crippen molar-refractivity contribution in [1.82, 2.24) is 4.90 Å². The molecule has 0 fully saturated rings. The van der Waals surface area contributed by atoms with E-state index in [4.69, 9.17) is 4.74 Å². The van der Waals surface area contributed by atoms with E-state index in [1.54, 1.807) is 6.92 Å². The van der Waals surface area contributed by atoms with Gasteiger partial charge in [0.15, 0.2) is 5.78 Å². The number of amides is 1. The lowest BCUT2D eigenvalue weighted by Crippen LogP contribution is -2.48. The average molecular weight is 349 g/mol. The average Bonchev–Trinajstić information content (AvgIpc) is 3.02. The number of ketones is 1. The maximum absolute atomic E-state index is 13.1. The van der Waals surface area contributed by atoms with Gasteiger partial charge in [-0.2, -0.15) is 0 Å². The Bertz CT molecular complexity index is 935.